The van der Waals surface area contributed by atoms with Gasteiger partial charge in [0.2, 0.25) is 5.76 Å². The second kappa shape index (κ2) is 9.96. The van der Waals surface area contributed by atoms with Crippen molar-refractivity contribution in [3.8, 4) is 0 Å². The molecule has 6 nitrogen and oxygen atoms in total. The summed E-state index contributed by atoms with van der Waals surface area (Å²) in [6.07, 6.45) is 2.31. The van der Waals surface area contributed by atoms with Crippen LogP contribution in [0.5, 0.6) is 0 Å². The largest absolute Gasteiger partial charge is 0.486 e. The molecule has 1 aromatic heterocycles. The van der Waals surface area contributed by atoms with Crippen molar-refractivity contribution in [2.75, 3.05) is 32.0 Å². The number of hydrogen-bond acceptors (Lipinski definition) is 6. The molecule has 0 bridgehead atoms. The number of likely N-dealkylation sites (tertiary alicyclic amines) is 1. The second-order valence-electron chi connectivity index (χ2n) is 7.18. The van der Waals surface area contributed by atoms with Crippen molar-refractivity contribution in [2.24, 2.45) is 0 Å². The molecule has 2 aromatic rings. The molecule has 1 aromatic carbocycles. The average Bonchev–Trinajstić information content (AvgIpc) is 3.42. The van der Waals surface area contributed by atoms with Gasteiger partial charge in [-0.25, -0.2) is 8.42 Å². The zero-order valence-electron chi connectivity index (χ0n) is 16.5. The lowest BCUT2D eigenvalue weighted by atomic mass is 10.2. The number of hydrogen-bond donors (Lipinski definition) is 1. The molecule has 1 amide bonds. The van der Waals surface area contributed by atoms with E-state index in [2.05, 4.69) is 16.3 Å². The molecule has 0 aliphatic carbocycles. The zero-order chi connectivity index (χ0) is 20.3. The summed E-state index contributed by atoms with van der Waals surface area (Å²) in [5.41, 5.74) is 0.478. The minimum Gasteiger partial charge on any atom is -0.486 e. The molecule has 4 rings (SSSR count). The monoisotopic (exact) mass is 468 g/mol. The van der Waals surface area contributed by atoms with Gasteiger partial charge in [-0.2, -0.15) is 0 Å². The number of amides is 1. The normalized spacial score (nSPS) is 19.6. The third-order valence-corrected chi connectivity index (χ3v) is 7.99. The van der Waals surface area contributed by atoms with Crippen molar-refractivity contribution in [1.29, 1.82) is 0 Å². The van der Waals surface area contributed by atoms with Crippen LogP contribution >= 0.6 is 23.7 Å². The first-order valence-corrected chi connectivity index (χ1v) is 12.3. The summed E-state index contributed by atoms with van der Waals surface area (Å²) in [5, 5.41) is 4.97. The van der Waals surface area contributed by atoms with Crippen LogP contribution in [0.1, 0.15) is 29.3 Å². The number of halogens is 1. The Morgan fingerprint density at radius 2 is 1.87 bits per heavy atom. The quantitative estimate of drug-likeness (QED) is 0.704. The number of carbonyl (C=O) groups is 1. The molecule has 1 unspecified atom stereocenters. The molecule has 0 saturated carbocycles. The van der Waals surface area contributed by atoms with Crippen LogP contribution in [0.2, 0.25) is 0 Å². The van der Waals surface area contributed by atoms with E-state index < -0.39 is 15.7 Å². The van der Waals surface area contributed by atoms with Crippen molar-refractivity contribution in [3.05, 3.63) is 64.0 Å². The summed E-state index contributed by atoms with van der Waals surface area (Å²) in [6.45, 7) is 2.40. The van der Waals surface area contributed by atoms with Crippen LogP contribution in [0.15, 0.2) is 53.6 Å². The Hall–Kier alpha value is -1.87. The first-order chi connectivity index (χ1) is 14.1. The molecule has 9 heteroatoms. The number of benzene rings is 1. The van der Waals surface area contributed by atoms with Crippen LogP contribution in [-0.2, 0) is 19.4 Å². The van der Waals surface area contributed by atoms with E-state index in [1.165, 1.54) is 4.88 Å². The fraction of sp³-hybridized carbons (Fsp3) is 0.381. The Balaban J connectivity index is 0.00000256. The zero-order valence-corrected chi connectivity index (χ0v) is 18.9. The maximum atomic E-state index is 13.0. The summed E-state index contributed by atoms with van der Waals surface area (Å²) in [4.78, 5) is 16.5. The number of rotatable bonds is 6. The summed E-state index contributed by atoms with van der Waals surface area (Å²) >= 11 is 1.67. The fourth-order valence-electron chi connectivity index (χ4n) is 3.84. The van der Waals surface area contributed by atoms with Gasteiger partial charge in [0.1, 0.15) is 11.5 Å². The Morgan fingerprint density at radius 3 is 2.53 bits per heavy atom. The lowest BCUT2D eigenvalue weighted by molar-refractivity contribution is -0.121. The van der Waals surface area contributed by atoms with Crippen LogP contribution in [0.25, 0.3) is 4.91 Å². The van der Waals surface area contributed by atoms with E-state index in [-0.39, 0.29) is 41.5 Å². The second-order valence-corrected chi connectivity index (χ2v) is 10.2. The van der Waals surface area contributed by atoms with Crippen molar-refractivity contribution in [2.45, 2.75) is 18.9 Å². The molecule has 2 aliphatic rings. The van der Waals surface area contributed by atoms with Crippen molar-refractivity contribution in [3.63, 3.8) is 0 Å². The molecule has 30 heavy (non-hydrogen) atoms. The van der Waals surface area contributed by atoms with Crippen LogP contribution in [0.4, 0.5) is 0 Å². The van der Waals surface area contributed by atoms with Crippen molar-refractivity contribution in [1.82, 2.24) is 10.2 Å². The average molecular weight is 469 g/mol. The summed E-state index contributed by atoms with van der Waals surface area (Å²) in [7, 11) is -3.58. The molecule has 1 saturated heterocycles. The molecule has 1 fully saturated rings. The van der Waals surface area contributed by atoms with E-state index in [9.17, 15) is 13.2 Å². The maximum Gasteiger partial charge on any atom is 0.287 e. The van der Waals surface area contributed by atoms with Gasteiger partial charge in [-0.1, -0.05) is 36.4 Å². The highest BCUT2D eigenvalue weighted by molar-refractivity contribution is 8.00. The Kier molecular flexibility index (Phi) is 7.57. The highest BCUT2D eigenvalue weighted by Gasteiger charge is 2.34. The predicted molar refractivity (Wildman–Crippen MR) is 121 cm³/mol. The van der Waals surface area contributed by atoms with Crippen LogP contribution in [0.3, 0.4) is 0 Å². The van der Waals surface area contributed by atoms with Crippen LogP contribution in [0, 0.1) is 0 Å². The number of sulfone groups is 1. The topological polar surface area (TPSA) is 75.7 Å². The van der Waals surface area contributed by atoms with Gasteiger partial charge in [-0.3, -0.25) is 9.69 Å². The standard InChI is InChI=1S/C21H24N2O4S2.ClH/c24-21(22-15-17(18-9-6-13-28-18)23-10-4-5-11-23)19-20(16-7-2-1-3-8-16)29(25,26)14-12-27-19;/h1-3,6-9,13,17H,4-5,10-12,14-15H2,(H,22,24);1H. The molecule has 1 N–H and O–H groups in total. The molecule has 1 atom stereocenters. The number of ether oxygens (including phenoxy) is 1. The van der Waals surface area contributed by atoms with E-state index in [1.807, 2.05) is 17.5 Å². The minimum atomic E-state index is -3.58. The van der Waals surface area contributed by atoms with E-state index in [4.69, 9.17) is 4.74 Å². The maximum absolute atomic E-state index is 13.0. The smallest absolute Gasteiger partial charge is 0.287 e. The van der Waals surface area contributed by atoms with Gasteiger partial charge in [0.15, 0.2) is 9.84 Å². The molecular weight excluding hydrogens is 444 g/mol. The van der Waals surface area contributed by atoms with Gasteiger partial charge in [0.05, 0.1) is 11.8 Å². The van der Waals surface area contributed by atoms with Crippen molar-refractivity contribution < 1.29 is 17.9 Å². The van der Waals surface area contributed by atoms with Crippen molar-refractivity contribution >= 4 is 44.4 Å². The lowest BCUT2D eigenvalue weighted by Crippen LogP contribution is -2.38. The molecule has 0 radical (unpaired) electrons. The number of thiophene rings is 1. The highest BCUT2D eigenvalue weighted by Crippen LogP contribution is 2.31. The molecular formula is C21H25ClN2O4S2. The van der Waals surface area contributed by atoms with Gasteiger partial charge < -0.3 is 10.1 Å². The van der Waals surface area contributed by atoms with E-state index in [1.54, 1.807) is 35.6 Å². The van der Waals surface area contributed by atoms with Gasteiger partial charge in [-0.05, 0) is 42.9 Å². The molecule has 3 heterocycles. The van der Waals surface area contributed by atoms with Gasteiger partial charge in [-0.15, -0.1) is 23.7 Å². The highest BCUT2D eigenvalue weighted by atomic mass is 35.5. The van der Waals surface area contributed by atoms with E-state index in [0.717, 1.165) is 25.9 Å². The Morgan fingerprint density at radius 1 is 1.13 bits per heavy atom. The number of nitrogens with one attached hydrogen (secondary N) is 1. The fourth-order valence-corrected chi connectivity index (χ4v) is 6.14. The molecule has 0 spiro atoms. The van der Waals surface area contributed by atoms with Crippen LogP contribution in [-0.4, -0.2) is 51.2 Å². The van der Waals surface area contributed by atoms with E-state index in [0.29, 0.717) is 12.1 Å². The van der Waals surface area contributed by atoms with Gasteiger partial charge >= 0.3 is 0 Å². The van der Waals surface area contributed by atoms with Gasteiger partial charge in [0.25, 0.3) is 5.91 Å². The predicted octanol–water partition coefficient (Wildman–Crippen LogP) is 3.24. The summed E-state index contributed by atoms with van der Waals surface area (Å²) < 4.78 is 31.0. The molecule has 162 valence electrons. The Labute approximate surface area is 187 Å². The SMILES string of the molecule is Cl.O=C(NCC(c1cccs1)N1CCCC1)C1=C(c2ccccc2)S(=O)(=O)CCO1. The molecule has 2 aliphatic heterocycles. The van der Waals surface area contributed by atoms with E-state index >= 15 is 0 Å². The minimum absolute atomic E-state index is 0. The summed E-state index contributed by atoms with van der Waals surface area (Å²) in [5.74, 6) is -0.707. The third kappa shape index (κ3) is 4.88. The Bertz CT molecular complexity index is 985. The summed E-state index contributed by atoms with van der Waals surface area (Å²) in [6, 6.07) is 12.9. The number of nitrogens with zero attached hydrogens (tertiary/aromatic N) is 1. The van der Waals surface area contributed by atoms with Gasteiger partial charge in [0, 0.05) is 11.4 Å². The number of carbonyl (C=O) groups excluding carboxylic acids is 1. The first kappa shape index (κ1) is 22.8. The third-order valence-electron chi connectivity index (χ3n) is 5.27. The first-order valence-electron chi connectivity index (χ1n) is 9.77. The van der Waals surface area contributed by atoms with Crippen LogP contribution < -0.4 is 5.32 Å². The lowest BCUT2D eigenvalue weighted by Gasteiger charge is -2.27.